The Hall–Kier alpha value is -3.71. The molecule has 0 aliphatic heterocycles. The summed E-state index contributed by atoms with van der Waals surface area (Å²) in [6.45, 7) is 17.0. The molecule has 0 radical (unpaired) electrons. The molecule has 2 rings (SSSR count). The summed E-state index contributed by atoms with van der Waals surface area (Å²) in [4.78, 5) is 18.6. The van der Waals surface area contributed by atoms with E-state index >= 15 is 0 Å². The highest BCUT2D eigenvalue weighted by Gasteiger charge is 2.24. The molecule has 0 aliphatic carbocycles. The number of terminal acetylenes is 1. The van der Waals surface area contributed by atoms with Crippen molar-refractivity contribution in [2.45, 2.75) is 67.7 Å². The van der Waals surface area contributed by atoms with Gasteiger partial charge in [0.25, 0.3) is 5.91 Å². The molecule has 0 unspecified atom stereocenters. The summed E-state index contributed by atoms with van der Waals surface area (Å²) in [6, 6.07) is 14.2. The topological polar surface area (TPSA) is 32.8 Å². The maximum Gasteiger partial charge on any atom is 0.254 e. The molecule has 214 valence electrons. The van der Waals surface area contributed by atoms with Crippen LogP contribution in [0.3, 0.4) is 0 Å². The van der Waals surface area contributed by atoms with Crippen molar-refractivity contribution >= 4 is 11.6 Å². The van der Waals surface area contributed by atoms with E-state index in [4.69, 9.17) is 11.2 Å². The van der Waals surface area contributed by atoms with E-state index in [0.717, 1.165) is 47.5 Å². The average molecular weight is 541 g/mol. The number of anilines is 1. The van der Waals surface area contributed by atoms with Crippen LogP contribution in [0.15, 0.2) is 77.5 Å². The molecule has 1 amide bonds. The average Bonchev–Trinajstić information content (AvgIpc) is 2.94. The molecule has 2 aromatic carbocycles. The predicted molar refractivity (Wildman–Crippen MR) is 171 cm³/mol. The van der Waals surface area contributed by atoms with Crippen LogP contribution in [-0.2, 0) is 6.42 Å². The smallest absolute Gasteiger partial charge is 0.254 e. The lowest BCUT2D eigenvalue weighted by Crippen LogP contribution is -2.40. The highest BCUT2D eigenvalue weighted by atomic mass is 16.5. The van der Waals surface area contributed by atoms with Gasteiger partial charge in [-0.2, -0.15) is 0 Å². The van der Waals surface area contributed by atoms with Crippen molar-refractivity contribution in [3.05, 3.63) is 94.2 Å². The summed E-state index contributed by atoms with van der Waals surface area (Å²) in [7, 11) is 1.66. The molecule has 40 heavy (non-hydrogen) atoms. The van der Waals surface area contributed by atoms with Gasteiger partial charge in [-0.05, 0) is 87.4 Å². The molecule has 4 nitrogen and oxygen atoms in total. The number of benzene rings is 2. The Morgan fingerprint density at radius 2 is 1.82 bits per heavy atom. The summed E-state index contributed by atoms with van der Waals surface area (Å²) in [5, 5.41) is 0. The fraction of sp³-hybridized carbons (Fsp3) is 0.417. The van der Waals surface area contributed by atoms with Crippen LogP contribution in [0.4, 0.5) is 5.69 Å². The van der Waals surface area contributed by atoms with E-state index in [1.807, 2.05) is 29.2 Å². The molecule has 0 aromatic heterocycles. The normalized spacial score (nSPS) is 11.4. The molecule has 2 aromatic rings. The largest absolute Gasteiger partial charge is 0.497 e. The number of hydrogen-bond donors (Lipinski definition) is 0. The molecular weight excluding hydrogens is 492 g/mol. The quantitative estimate of drug-likeness (QED) is 0.178. The molecule has 0 bridgehead atoms. The number of rotatable bonds is 14. The molecular formula is C36H48N2O2. The van der Waals surface area contributed by atoms with Gasteiger partial charge < -0.3 is 14.5 Å². The molecule has 0 aliphatic rings. The first-order valence-electron chi connectivity index (χ1n) is 14.4. The van der Waals surface area contributed by atoms with Crippen molar-refractivity contribution in [3.8, 4) is 18.1 Å². The lowest BCUT2D eigenvalue weighted by molar-refractivity contribution is 0.0761. The Balaban J connectivity index is 2.61. The third-order valence-electron chi connectivity index (χ3n) is 7.18. The molecule has 0 N–H and O–H groups in total. The number of methoxy groups -OCH3 is 1. The van der Waals surface area contributed by atoms with Crippen LogP contribution in [0.2, 0.25) is 0 Å². The van der Waals surface area contributed by atoms with Crippen LogP contribution < -0.4 is 9.64 Å². The summed E-state index contributed by atoms with van der Waals surface area (Å²) in [6.07, 6.45) is 13.8. The minimum atomic E-state index is 0.0619. The molecule has 0 heterocycles. The van der Waals surface area contributed by atoms with Crippen LogP contribution in [0.5, 0.6) is 5.75 Å². The van der Waals surface area contributed by atoms with Gasteiger partial charge >= 0.3 is 0 Å². The van der Waals surface area contributed by atoms with Crippen LogP contribution in [0.25, 0.3) is 0 Å². The molecule has 0 spiro atoms. The number of para-hydroxylation sites is 1. The lowest BCUT2D eigenvalue weighted by Gasteiger charge is -2.35. The Morgan fingerprint density at radius 3 is 2.40 bits per heavy atom. The standard InChI is InChI=1S/C36H48N2O2/c1-10-13-14-18-30(11-2)25-38(34-19-16-15-17-29(34)8)35(28(6)7)26-37(23-22-27(4)5)36(39)33-21-20-32(40-9)24-31(33)12-3/h1,13-21,24,27H,11-12,22-23,25-26H2,2-9H3/b14-13-,30-18+. The first kappa shape index (κ1) is 32.5. The van der Waals surface area contributed by atoms with Crippen LogP contribution in [0, 0.1) is 25.2 Å². The summed E-state index contributed by atoms with van der Waals surface area (Å²) < 4.78 is 5.44. The second kappa shape index (κ2) is 16.4. The Kier molecular flexibility index (Phi) is 13.3. The Morgan fingerprint density at radius 1 is 1.10 bits per heavy atom. The van der Waals surface area contributed by atoms with Gasteiger partial charge in [-0.25, -0.2) is 0 Å². The zero-order valence-electron chi connectivity index (χ0n) is 25.9. The van der Waals surface area contributed by atoms with Crippen molar-refractivity contribution < 1.29 is 9.53 Å². The number of nitrogens with zero attached hydrogens (tertiary/aromatic N) is 2. The third kappa shape index (κ3) is 9.19. The van der Waals surface area contributed by atoms with E-state index in [9.17, 15) is 4.79 Å². The van der Waals surface area contributed by atoms with Gasteiger partial charge in [0.1, 0.15) is 5.75 Å². The van der Waals surface area contributed by atoms with Gasteiger partial charge in [-0.15, -0.1) is 6.42 Å². The zero-order valence-corrected chi connectivity index (χ0v) is 25.9. The first-order chi connectivity index (χ1) is 19.2. The van der Waals surface area contributed by atoms with Crippen LogP contribution >= 0.6 is 0 Å². The number of ether oxygens (including phenoxy) is 1. The number of amides is 1. The molecule has 0 saturated carbocycles. The van der Waals surface area contributed by atoms with Gasteiger partial charge in [0, 0.05) is 30.0 Å². The van der Waals surface area contributed by atoms with Gasteiger partial charge in [0.05, 0.1) is 13.7 Å². The minimum Gasteiger partial charge on any atom is -0.497 e. The fourth-order valence-electron chi connectivity index (χ4n) is 4.65. The van der Waals surface area contributed by atoms with Crippen LogP contribution in [0.1, 0.15) is 75.9 Å². The number of allylic oxidation sites excluding steroid dienone is 4. The van der Waals surface area contributed by atoms with E-state index < -0.39 is 0 Å². The molecule has 0 fully saturated rings. The van der Waals surface area contributed by atoms with Crippen molar-refractivity contribution in [2.24, 2.45) is 5.92 Å². The van der Waals surface area contributed by atoms with Crippen LogP contribution in [-0.4, -0.2) is 37.6 Å². The number of aryl methyl sites for hydroxylation is 2. The Bertz CT molecular complexity index is 1260. The lowest BCUT2D eigenvalue weighted by atomic mass is 10.0. The number of carbonyl (C=O) groups is 1. The maximum absolute atomic E-state index is 14.2. The minimum absolute atomic E-state index is 0.0619. The van der Waals surface area contributed by atoms with E-state index in [2.05, 4.69) is 89.6 Å². The van der Waals surface area contributed by atoms with Gasteiger partial charge in [-0.3, -0.25) is 4.79 Å². The van der Waals surface area contributed by atoms with E-state index in [0.29, 0.717) is 25.6 Å². The summed E-state index contributed by atoms with van der Waals surface area (Å²) >= 11 is 0. The molecule has 0 atom stereocenters. The van der Waals surface area contributed by atoms with Gasteiger partial charge in [-0.1, -0.05) is 75.1 Å². The highest BCUT2D eigenvalue weighted by molar-refractivity contribution is 5.96. The number of carbonyl (C=O) groups excluding carboxylic acids is 1. The van der Waals surface area contributed by atoms with E-state index in [1.54, 1.807) is 13.2 Å². The van der Waals surface area contributed by atoms with Crippen molar-refractivity contribution in [3.63, 3.8) is 0 Å². The van der Waals surface area contributed by atoms with E-state index in [-0.39, 0.29) is 5.91 Å². The van der Waals surface area contributed by atoms with Gasteiger partial charge in [0.2, 0.25) is 0 Å². The van der Waals surface area contributed by atoms with E-state index in [1.165, 1.54) is 16.7 Å². The SMILES string of the molecule is C#C/C=C\C=C(/CC)CN(C(CN(CCC(C)C)C(=O)c1ccc(OC)cc1CC)=C(C)C)c1ccccc1C. The maximum atomic E-state index is 14.2. The van der Waals surface area contributed by atoms with Crippen molar-refractivity contribution in [1.82, 2.24) is 4.90 Å². The summed E-state index contributed by atoms with van der Waals surface area (Å²) in [5.74, 6) is 3.89. The van der Waals surface area contributed by atoms with Gasteiger partial charge in [0.15, 0.2) is 0 Å². The van der Waals surface area contributed by atoms with Crippen molar-refractivity contribution in [1.29, 1.82) is 0 Å². The third-order valence-corrected chi connectivity index (χ3v) is 7.18. The Labute approximate surface area is 243 Å². The zero-order chi connectivity index (χ0) is 29.7. The first-order valence-corrected chi connectivity index (χ1v) is 14.4. The monoisotopic (exact) mass is 540 g/mol. The number of hydrogen-bond acceptors (Lipinski definition) is 3. The summed E-state index contributed by atoms with van der Waals surface area (Å²) in [5.41, 5.74) is 7.68. The second-order valence-corrected chi connectivity index (χ2v) is 10.8. The fourth-order valence-corrected chi connectivity index (χ4v) is 4.65. The highest BCUT2D eigenvalue weighted by Crippen LogP contribution is 2.29. The molecule has 0 saturated heterocycles. The van der Waals surface area contributed by atoms with Crippen molar-refractivity contribution in [2.75, 3.05) is 31.6 Å². The second-order valence-electron chi connectivity index (χ2n) is 10.8. The predicted octanol–water partition coefficient (Wildman–Crippen LogP) is 8.38. The molecule has 4 heteroatoms.